The van der Waals surface area contributed by atoms with E-state index in [0.29, 0.717) is 0 Å². The number of rotatable bonds is 7. The average molecular weight is 495 g/mol. The van der Waals surface area contributed by atoms with Crippen molar-refractivity contribution in [3.63, 3.8) is 0 Å². The number of carbonyl (C=O) groups is 3. The minimum Gasteiger partial charge on any atom is -0.486 e. The molecule has 2 atom stereocenters. The minimum atomic E-state index is -5.89. The summed E-state index contributed by atoms with van der Waals surface area (Å²) < 4.78 is 82.8. The van der Waals surface area contributed by atoms with E-state index in [0.717, 1.165) is 30.9 Å². The number of alkyl halides is 5. The molecule has 3 amide bonds. The first kappa shape index (κ1) is 27.0. The molecule has 0 saturated carbocycles. The number of hydrogen-bond donors (Lipinski definition) is 2. The molecule has 2 rings (SSSR count). The van der Waals surface area contributed by atoms with Gasteiger partial charge >= 0.3 is 12.1 Å². The molecule has 0 unspecified atom stereocenters. The van der Waals surface area contributed by atoms with Crippen molar-refractivity contribution in [1.29, 1.82) is 0 Å². The van der Waals surface area contributed by atoms with Crippen molar-refractivity contribution < 1.29 is 45.5 Å². The molecule has 1 aliphatic heterocycles. The van der Waals surface area contributed by atoms with E-state index >= 15 is 0 Å². The Morgan fingerprint density at radius 3 is 2.35 bits per heavy atom. The van der Waals surface area contributed by atoms with Crippen LogP contribution < -0.4 is 20.3 Å². The number of nitrogens with one attached hydrogen (secondary N) is 2. The van der Waals surface area contributed by atoms with E-state index in [-0.39, 0.29) is 18.0 Å². The van der Waals surface area contributed by atoms with Gasteiger partial charge < -0.3 is 20.3 Å². The Kier molecular flexibility index (Phi) is 7.58. The number of carbonyl (C=O) groups excluding carboxylic acids is 3. The van der Waals surface area contributed by atoms with E-state index < -0.39 is 59.7 Å². The summed E-state index contributed by atoms with van der Waals surface area (Å²) in [6.45, 7) is 4.77. The van der Waals surface area contributed by atoms with Gasteiger partial charge in [-0.05, 0) is 32.9 Å². The van der Waals surface area contributed by atoms with Gasteiger partial charge in [0.05, 0.1) is 12.2 Å². The Morgan fingerprint density at radius 1 is 1.18 bits per heavy atom. The van der Waals surface area contributed by atoms with Gasteiger partial charge in [-0.1, -0.05) is 6.08 Å². The highest BCUT2D eigenvalue weighted by Gasteiger charge is 2.57. The number of benzene rings is 1. The zero-order valence-electron chi connectivity index (χ0n) is 18.4. The molecule has 0 fully saturated rings. The largest absolute Gasteiger partial charge is 0.486 e. The van der Waals surface area contributed by atoms with Crippen molar-refractivity contribution in [2.24, 2.45) is 5.41 Å². The second kappa shape index (κ2) is 9.55. The van der Waals surface area contributed by atoms with Gasteiger partial charge in [-0.3, -0.25) is 14.4 Å². The molecule has 1 aromatic rings. The fourth-order valence-corrected chi connectivity index (χ4v) is 2.99. The molecule has 7 nitrogen and oxygen atoms in total. The second-order valence-electron chi connectivity index (χ2n) is 8.13. The van der Waals surface area contributed by atoms with Crippen LogP contribution in [-0.2, 0) is 14.4 Å². The van der Waals surface area contributed by atoms with Gasteiger partial charge in [-0.25, -0.2) is 4.39 Å². The first-order chi connectivity index (χ1) is 15.5. The van der Waals surface area contributed by atoms with Crippen molar-refractivity contribution in [2.75, 3.05) is 18.0 Å². The molecule has 0 aliphatic carbocycles. The molecule has 13 heteroatoms. The van der Waals surface area contributed by atoms with Crippen molar-refractivity contribution in [3.05, 3.63) is 36.7 Å². The number of halogens is 6. The molecule has 2 N–H and O–H groups in total. The zero-order chi connectivity index (χ0) is 26.1. The molecule has 0 saturated heterocycles. The highest BCUT2D eigenvalue weighted by Crippen LogP contribution is 2.36. The van der Waals surface area contributed by atoms with Gasteiger partial charge in [0, 0.05) is 12.6 Å². The molecule has 1 aromatic carbocycles. The molecule has 0 aromatic heterocycles. The van der Waals surface area contributed by atoms with E-state index in [1.165, 1.54) is 24.4 Å². The zero-order valence-corrected chi connectivity index (χ0v) is 18.4. The van der Waals surface area contributed by atoms with Gasteiger partial charge in [0.15, 0.2) is 0 Å². The number of anilines is 1. The van der Waals surface area contributed by atoms with Crippen LogP contribution in [-0.4, -0.2) is 55.1 Å². The van der Waals surface area contributed by atoms with Gasteiger partial charge in [0.1, 0.15) is 29.1 Å². The topological polar surface area (TPSA) is 87.7 Å². The predicted molar refractivity (Wildman–Crippen MR) is 109 cm³/mol. The Labute approximate surface area is 191 Å². The Balaban J connectivity index is 2.24. The normalized spacial score (nSPS) is 19.0. The summed E-state index contributed by atoms with van der Waals surface area (Å²) in [5.74, 6) is -9.03. The van der Waals surface area contributed by atoms with Crippen LogP contribution in [0.3, 0.4) is 0 Å². The number of ether oxygens (including phenoxy) is 1. The number of hydrogen-bond acceptors (Lipinski definition) is 4. The highest BCUT2D eigenvalue weighted by atomic mass is 19.4. The summed E-state index contributed by atoms with van der Waals surface area (Å²) in [4.78, 5) is 39.3. The lowest BCUT2D eigenvalue weighted by molar-refractivity contribution is -0.278. The van der Waals surface area contributed by atoms with Crippen molar-refractivity contribution in [2.45, 2.75) is 45.0 Å². The van der Waals surface area contributed by atoms with E-state index in [4.69, 9.17) is 4.74 Å². The molecule has 0 radical (unpaired) electrons. The van der Waals surface area contributed by atoms with Crippen LogP contribution in [0.5, 0.6) is 5.75 Å². The molecule has 0 bridgehead atoms. The van der Waals surface area contributed by atoms with Crippen molar-refractivity contribution in [1.82, 2.24) is 10.6 Å². The van der Waals surface area contributed by atoms with Crippen LogP contribution in [0.25, 0.3) is 0 Å². The third kappa shape index (κ3) is 5.45. The maximum atomic E-state index is 13.8. The van der Waals surface area contributed by atoms with Gasteiger partial charge in [-0.15, -0.1) is 6.58 Å². The molecule has 34 heavy (non-hydrogen) atoms. The van der Waals surface area contributed by atoms with Crippen LogP contribution in [0.2, 0.25) is 0 Å². The van der Waals surface area contributed by atoms with E-state index in [9.17, 15) is 40.7 Å². The summed E-state index contributed by atoms with van der Waals surface area (Å²) >= 11 is 0. The summed E-state index contributed by atoms with van der Waals surface area (Å²) in [6.07, 6.45) is -5.57. The number of nitrogens with zero attached hydrogens (tertiary/aromatic N) is 1. The Morgan fingerprint density at radius 2 is 1.79 bits per heavy atom. The number of amides is 3. The minimum absolute atomic E-state index is 0.0693. The lowest BCUT2D eigenvalue weighted by Crippen LogP contribution is -2.59. The third-order valence-electron chi connectivity index (χ3n) is 5.15. The van der Waals surface area contributed by atoms with Gasteiger partial charge in [0.25, 0.3) is 5.91 Å². The quantitative estimate of drug-likeness (QED) is 0.346. The van der Waals surface area contributed by atoms with Crippen molar-refractivity contribution >= 4 is 23.4 Å². The maximum Gasteiger partial charge on any atom is 0.455 e. The first-order valence-electron chi connectivity index (χ1n) is 9.95. The lowest BCUT2D eigenvalue weighted by atomic mass is 9.90. The monoisotopic (exact) mass is 495 g/mol. The van der Waals surface area contributed by atoms with Crippen LogP contribution in [0.1, 0.15) is 20.8 Å². The Bertz CT molecular complexity index is 980. The Hall–Kier alpha value is -3.25. The lowest BCUT2D eigenvalue weighted by Gasteiger charge is -2.30. The highest BCUT2D eigenvalue weighted by molar-refractivity contribution is 6.07. The summed E-state index contributed by atoms with van der Waals surface area (Å²) in [5.41, 5.74) is -2.07. The fourth-order valence-electron chi connectivity index (χ4n) is 2.99. The standard InChI is InChI=1S/C21H23F6N3O4/c1-5-8-30-13-9-12(22)6-7-14(13)34-11(2)15(16(30)31)29-18(33)19(3,4)17(32)28-10-20(23,24)21(25,26)27/h5-7,9,11,15H,1,8,10H2,2-4H3,(H,28,32)(H,29,33)/t11-,15+/m1/s1. The second-order valence-corrected chi connectivity index (χ2v) is 8.13. The van der Waals surface area contributed by atoms with Gasteiger partial charge in [-0.2, -0.15) is 22.0 Å². The average Bonchev–Trinajstić information content (AvgIpc) is 2.81. The summed E-state index contributed by atoms with van der Waals surface area (Å²) in [5, 5.41) is 3.71. The summed E-state index contributed by atoms with van der Waals surface area (Å²) in [7, 11) is 0. The van der Waals surface area contributed by atoms with E-state index in [1.807, 2.05) is 0 Å². The maximum absolute atomic E-state index is 13.8. The van der Waals surface area contributed by atoms with Crippen LogP contribution in [0.15, 0.2) is 30.9 Å². The molecular formula is C21H23F6N3O4. The van der Waals surface area contributed by atoms with Crippen LogP contribution in [0.4, 0.5) is 32.0 Å². The molecular weight excluding hydrogens is 472 g/mol. The van der Waals surface area contributed by atoms with Gasteiger partial charge in [0.2, 0.25) is 11.8 Å². The van der Waals surface area contributed by atoms with Crippen LogP contribution >= 0.6 is 0 Å². The molecule has 0 spiro atoms. The third-order valence-corrected chi connectivity index (χ3v) is 5.15. The van der Waals surface area contributed by atoms with E-state index in [1.54, 1.807) is 0 Å². The van der Waals surface area contributed by atoms with Crippen LogP contribution in [0, 0.1) is 11.2 Å². The molecule has 1 aliphatic rings. The number of fused-ring (bicyclic) bond motifs is 1. The fraction of sp³-hybridized carbons (Fsp3) is 0.476. The molecule has 1 heterocycles. The van der Waals surface area contributed by atoms with E-state index in [2.05, 4.69) is 11.9 Å². The first-order valence-corrected chi connectivity index (χ1v) is 9.95. The summed E-state index contributed by atoms with van der Waals surface area (Å²) in [6, 6.07) is 2.02. The predicted octanol–water partition coefficient (Wildman–Crippen LogP) is 2.95. The SMILES string of the molecule is C=CCN1C(=O)[C@@H](NC(=O)C(C)(C)C(=O)NCC(F)(F)C(F)(F)F)[C@@H](C)Oc2ccc(F)cc21. The van der Waals surface area contributed by atoms with Crippen molar-refractivity contribution in [3.8, 4) is 5.75 Å². The smallest absolute Gasteiger partial charge is 0.455 e. The molecule has 188 valence electrons.